The van der Waals surface area contributed by atoms with Crippen molar-refractivity contribution in [3.8, 4) is 0 Å². The van der Waals surface area contributed by atoms with Crippen LogP contribution < -0.4 is 15.6 Å². The number of para-hydroxylation sites is 1. The summed E-state index contributed by atoms with van der Waals surface area (Å²) in [5.41, 5.74) is 1.92. The molecule has 22 heavy (non-hydrogen) atoms. The van der Waals surface area contributed by atoms with Gasteiger partial charge >= 0.3 is 6.03 Å². The number of urea groups is 1. The van der Waals surface area contributed by atoms with Crippen LogP contribution in [0.15, 0.2) is 76.4 Å². The van der Waals surface area contributed by atoms with Gasteiger partial charge in [-0.1, -0.05) is 48.5 Å². The molecule has 0 fully saturated rings. The van der Waals surface area contributed by atoms with Gasteiger partial charge in [-0.2, -0.15) is 4.99 Å². The Balaban J connectivity index is 1.69. The first-order chi connectivity index (χ1) is 10.8. The van der Waals surface area contributed by atoms with Crippen molar-refractivity contribution < 1.29 is 14.0 Å². The van der Waals surface area contributed by atoms with Crippen molar-refractivity contribution in [3.05, 3.63) is 78.0 Å². The van der Waals surface area contributed by atoms with E-state index in [2.05, 4.69) is 15.6 Å². The van der Waals surface area contributed by atoms with Crippen molar-refractivity contribution in [2.45, 2.75) is 6.54 Å². The Morgan fingerprint density at radius 2 is 1.82 bits per heavy atom. The first kappa shape index (κ1) is 13.8. The van der Waals surface area contributed by atoms with E-state index in [0.29, 0.717) is 12.2 Å². The second kappa shape index (κ2) is 6.53. The average Bonchev–Trinajstić information content (AvgIpc) is 2.96. The molecule has 0 aliphatic rings. The van der Waals surface area contributed by atoms with Gasteiger partial charge in [0.05, 0.1) is 0 Å². The summed E-state index contributed by atoms with van der Waals surface area (Å²) in [5, 5.41) is 6.49. The van der Waals surface area contributed by atoms with Crippen LogP contribution in [-0.4, -0.2) is 11.3 Å². The minimum Gasteiger partial charge on any atom is -0.321 e. The molecule has 0 spiro atoms. The molecule has 0 saturated heterocycles. The topological polar surface area (TPSA) is 71.4 Å². The Hall–Kier alpha value is -3.15. The van der Waals surface area contributed by atoms with Gasteiger partial charge in [-0.05, 0) is 18.3 Å². The number of anilines is 1. The third kappa shape index (κ3) is 3.69. The molecule has 1 N–H and O–H groups in total. The van der Waals surface area contributed by atoms with E-state index < -0.39 is 6.03 Å². The van der Waals surface area contributed by atoms with Crippen LogP contribution in [0.5, 0.6) is 0 Å². The van der Waals surface area contributed by atoms with Crippen LogP contribution in [0.2, 0.25) is 0 Å². The summed E-state index contributed by atoms with van der Waals surface area (Å²) >= 11 is 0. The zero-order valence-electron chi connectivity index (χ0n) is 11.7. The molecule has 6 heteroatoms. The molecule has 2 aromatic carbocycles. The van der Waals surface area contributed by atoms with Crippen molar-refractivity contribution in [1.29, 1.82) is 0 Å². The lowest BCUT2D eigenvalue weighted by Crippen LogP contribution is -2.36. The maximum atomic E-state index is 11.8. The number of rotatable bonds is 3. The van der Waals surface area contributed by atoms with E-state index >= 15 is 0 Å². The van der Waals surface area contributed by atoms with Gasteiger partial charge in [0.25, 0.3) is 0 Å². The lowest BCUT2D eigenvalue weighted by molar-refractivity contribution is -0.754. The molecular weight excluding hydrogens is 280 g/mol. The number of aromatic nitrogens is 2. The summed E-state index contributed by atoms with van der Waals surface area (Å²) in [6.07, 6.45) is 1.58. The second-order valence-corrected chi connectivity index (χ2v) is 4.63. The van der Waals surface area contributed by atoms with E-state index in [4.69, 9.17) is 4.52 Å². The van der Waals surface area contributed by atoms with Crippen molar-refractivity contribution in [3.63, 3.8) is 0 Å². The number of benzene rings is 2. The minimum atomic E-state index is -0.505. The highest BCUT2D eigenvalue weighted by Gasteiger charge is 2.02. The van der Waals surface area contributed by atoms with Crippen LogP contribution >= 0.6 is 0 Å². The third-order valence-corrected chi connectivity index (χ3v) is 2.92. The summed E-state index contributed by atoms with van der Waals surface area (Å²) in [7, 11) is 0. The quantitative estimate of drug-likeness (QED) is 0.592. The van der Waals surface area contributed by atoms with Crippen molar-refractivity contribution in [2.75, 3.05) is 5.32 Å². The molecule has 0 atom stereocenters. The molecule has 2 amide bonds. The number of nitrogens with one attached hydrogen (secondary N) is 1. The summed E-state index contributed by atoms with van der Waals surface area (Å²) < 4.78 is 6.62. The summed E-state index contributed by atoms with van der Waals surface area (Å²) in [6, 6.07) is 18.4. The zero-order valence-corrected chi connectivity index (χ0v) is 11.7. The van der Waals surface area contributed by atoms with Gasteiger partial charge in [0.2, 0.25) is 0 Å². The molecule has 0 aliphatic carbocycles. The fourth-order valence-electron chi connectivity index (χ4n) is 1.94. The number of hydrogen-bond donors (Lipinski definition) is 1. The molecule has 1 aromatic heterocycles. The Morgan fingerprint density at radius 1 is 1.14 bits per heavy atom. The number of nitrogens with zero attached hydrogens (tertiary/aromatic N) is 3. The fraction of sp³-hybridized carbons (Fsp3) is 0.0625. The number of carbonyl (C=O) groups is 1. The van der Waals surface area contributed by atoms with Gasteiger partial charge in [0, 0.05) is 11.3 Å². The highest BCUT2D eigenvalue weighted by Crippen LogP contribution is 2.04. The van der Waals surface area contributed by atoms with Crippen LogP contribution in [0.1, 0.15) is 5.56 Å². The van der Waals surface area contributed by atoms with E-state index in [-0.39, 0.29) is 5.55 Å². The Morgan fingerprint density at radius 3 is 2.55 bits per heavy atom. The van der Waals surface area contributed by atoms with Gasteiger partial charge in [-0.15, -0.1) is 0 Å². The molecular formula is C16H14N4O2. The zero-order chi connectivity index (χ0) is 15.2. The highest BCUT2D eigenvalue weighted by molar-refractivity contribution is 5.89. The second-order valence-electron chi connectivity index (χ2n) is 4.63. The monoisotopic (exact) mass is 294 g/mol. The number of hydrogen-bond acceptors (Lipinski definition) is 3. The minimum absolute atomic E-state index is 0.157. The molecule has 1 heterocycles. The fourth-order valence-corrected chi connectivity index (χ4v) is 1.94. The number of carbonyl (C=O) groups excluding carboxylic acids is 1. The molecule has 0 bridgehead atoms. The predicted octanol–water partition coefficient (Wildman–Crippen LogP) is 1.86. The Kier molecular flexibility index (Phi) is 4.10. The van der Waals surface area contributed by atoms with Crippen LogP contribution in [0.3, 0.4) is 0 Å². The van der Waals surface area contributed by atoms with E-state index in [1.165, 1.54) is 0 Å². The molecule has 0 unspecified atom stereocenters. The SMILES string of the molecule is O=C(/N=c1\[cH-][n+](Cc2ccccc2)no1)Nc1ccccc1. The average molecular weight is 294 g/mol. The number of amides is 2. The maximum Gasteiger partial charge on any atom is 0.346 e. The van der Waals surface area contributed by atoms with E-state index in [1.807, 2.05) is 48.5 Å². The molecule has 3 aromatic rings. The molecule has 0 aliphatic heterocycles. The van der Waals surface area contributed by atoms with E-state index in [0.717, 1.165) is 5.56 Å². The van der Waals surface area contributed by atoms with Crippen LogP contribution in [0.4, 0.5) is 10.5 Å². The summed E-state index contributed by atoms with van der Waals surface area (Å²) in [4.78, 5) is 15.6. The molecule has 0 radical (unpaired) electrons. The molecule has 110 valence electrons. The summed E-state index contributed by atoms with van der Waals surface area (Å²) in [6.45, 7) is 0.556. The van der Waals surface area contributed by atoms with Crippen LogP contribution in [-0.2, 0) is 6.54 Å². The van der Waals surface area contributed by atoms with Crippen LogP contribution in [0, 0.1) is 0 Å². The normalized spacial score (nSPS) is 11.4. The predicted molar refractivity (Wildman–Crippen MR) is 78.9 cm³/mol. The smallest absolute Gasteiger partial charge is 0.321 e. The van der Waals surface area contributed by atoms with Crippen molar-refractivity contribution >= 4 is 11.7 Å². The molecule has 0 saturated carbocycles. The van der Waals surface area contributed by atoms with Crippen molar-refractivity contribution in [2.24, 2.45) is 4.99 Å². The lowest BCUT2D eigenvalue weighted by Gasteiger charge is -1.98. The third-order valence-electron chi connectivity index (χ3n) is 2.92. The Labute approximate surface area is 126 Å². The summed E-state index contributed by atoms with van der Waals surface area (Å²) in [5.74, 6) is 0. The Bertz CT molecular complexity index is 807. The van der Waals surface area contributed by atoms with Gasteiger partial charge < -0.3 is 9.84 Å². The van der Waals surface area contributed by atoms with Gasteiger partial charge in [-0.3, -0.25) is 0 Å². The van der Waals surface area contributed by atoms with Crippen LogP contribution in [0.25, 0.3) is 0 Å². The maximum absolute atomic E-state index is 11.8. The van der Waals surface area contributed by atoms with E-state index in [9.17, 15) is 4.79 Å². The van der Waals surface area contributed by atoms with Gasteiger partial charge in [0.15, 0.2) is 17.4 Å². The van der Waals surface area contributed by atoms with Gasteiger partial charge in [-0.25, -0.2) is 9.48 Å². The standard InChI is InChI=1S/C16H14N4O2/c21-16(17-14-9-5-2-6-10-14)18-15-12-20(19-22-15)11-13-7-3-1-4-8-13/h1-10,12H,11H2,(H,17,21)/b18-15+. The molecule has 3 rings (SSSR count). The lowest BCUT2D eigenvalue weighted by atomic mass is 10.2. The van der Waals surface area contributed by atoms with Gasteiger partial charge in [0.1, 0.15) is 0 Å². The molecule has 6 nitrogen and oxygen atoms in total. The van der Waals surface area contributed by atoms with Crippen molar-refractivity contribution in [1.82, 2.24) is 5.27 Å². The highest BCUT2D eigenvalue weighted by atomic mass is 16.5. The largest absolute Gasteiger partial charge is 0.346 e. The van der Waals surface area contributed by atoms with E-state index in [1.54, 1.807) is 23.0 Å². The first-order valence-electron chi connectivity index (χ1n) is 6.78. The first-order valence-corrected chi connectivity index (χ1v) is 6.78.